The summed E-state index contributed by atoms with van der Waals surface area (Å²) in [6, 6.07) is 4.11. The van der Waals surface area contributed by atoms with E-state index in [0.717, 1.165) is 13.1 Å². The van der Waals surface area contributed by atoms with Crippen LogP contribution in [0, 0.1) is 0 Å². The highest BCUT2D eigenvalue weighted by atomic mass is 15.3. The van der Waals surface area contributed by atoms with E-state index in [2.05, 4.69) is 33.1 Å². The molecule has 0 unspecified atom stereocenters. The van der Waals surface area contributed by atoms with Crippen LogP contribution >= 0.6 is 0 Å². The second-order valence-corrected chi connectivity index (χ2v) is 5.17. The van der Waals surface area contributed by atoms with Crippen molar-refractivity contribution in [3.05, 3.63) is 30.1 Å². The molecule has 1 aromatic heterocycles. The van der Waals surface area contributed by atoms with Crippen molar-refractivity contribution in [1.29, 1.82) is 0 Å². The molecule has 0 aromatic carbocycles. The maximum Gasteiger partial charge on any atom is 0.0312 e. The molecule has 1 saturated heterocycles. The predicted octanol–water partition coefficient (Wildman–Crippen LogP) is 1.20. The largest absolute Gasteiger partial charge is 0.313 e. The van der Waals surface area contributed by atoms with E-state index in [4.69, 9.17) is 0 Å². The van der Waals surface area contributed by atoms with Crippen LogP contribution in [-0.2, 0) is 6.54 Å². The van der Waals surface area contributed by atoms with Crippen molar-refractivity contribution >= 4 is 0 Å². The van der Waals surface area contributed by atoms with Gasteiger partial charge in [-0.2, -0.15) is 0 Å². The minimum absolute atomic E-state index is 0.928. The molecule has 2 rings (SSSR count). The van der Waals surface area contributed by atoms with Gasteiger partial charge in [-0.15, -0.1) is 0 Å². The first-order valence-electron chi connectivity index (χ1n) is 7.43. The maximum absolute atomic E-state index is 4.12. The van der Waals surface area contributed by atoms with E-state index in [1.54, 1.807) is 0 Å². The molecule has 4 heteroatoms. The number of nitrogens with zero attached hydrogens (tertiary/aromatic N) is 3. The molecule has 0 spiro atoms. The zero-order valence-corrected chi connectivity index (χ0v) is 12.0. The fourth-order valence-electron chi connectivity index (χ4n) is 2.49. The topological polar surface area (TPSA) is 31.4 Å². The molecule has 0 saturated carbocycles. The molecule has 4 nitrogen and oxygen atoms in total. The molecule has 2 heterocycles. The van der Waals surface area contributed by atoms with E-state index in [9.17, 15) is 0 Å². The Balaban J connectivity index is 1.51. The van der Waals surface area contributed by atoms with Crippen LogP contribution in [0.5, 0.6) is 0 Å². The standard InChI is InChI=1S/C15H26N4/c1-2-18-9-11-19(12-10-18)8-4-7-17-14-15-5-3-6-16-13-15/h3,5-6,13,17H,2,4,7-12,14H2,1H3. The zero-order valence-electron chi connectivity index (χ0n) is 12.0. The van der Waals surface area contributed by atoms with Crippen LogP contribution in [0.1, 0.15) is 18.9 Å². The number of hydrogen-bond acceptors (Lipinski definition) is 4. The van der Waals surface area contributed by atoms with Crippen molar-refractivity contribution in [3.63, 3.8) is 0 Å². The van der Waals surface area contributed by atoms with Crippen molar-refractivity contribution in [2.24, 2.45) is 0 Å². The third kappa shape index (κ3) is 5.27. The molecule has 0 aliphatic carbocycles. The minimum atomic E-state index is 0.928. The number of nitrogens with one attached hydrogen (secondary N) is 1. The molecule has 1 fully saturated rings. The summed E-state index contributed by atoms with van der Waals surface area (Å²) in [6.45, 7) is 11.6. The van der Waals surface area contributed by atoms with Gasteiger partial charge >= 0.3 is 0 Å². The van der Waals surface area contributed by atoms with Gasteiger partial charge in [0.2, 0.25) is 0 Å². The monoisotopic (exact) mass is 262 g/mol. The highest BCUT2D eigenvalue weighted by Crippen LogP contribution is 2.01. The normalized spacial score (nSPS) is 17.7. The van der Waals surface area contributed by atoms with Crippen molar-refractivity contribution in [2.45, 2.75) is 19.9 Å². The van der Waals surface area contributed by atoms with Crippen LogP contribution < -0.4 is 5.32 Å². The van der Waals surface area contributed by atoms with Crippen LogP contribution in [0.15, 0.2) is 24.5 Å². The second kappa shape index (κ2) is 8.25. The number of piperazine rings is 1. The van der Waals surface area contributed by atoms with Gasteiger partial charge in [0.15, 0.2) is 0 Å². The van der Waals surface area contributed by atoms with Gasteiger partial charge in [0.1, 0.15) is 0 Å². The van der Waals surface area contributed by atoms with Gasteiger partial charge in [0.05, 0.1) is 0 Å². The van der Waals surface area contributed by atoms with Crippen LogP contribution in [-0.4, -0.2) is 60.6 Å². The van der Waals surface area contributed by atoms with Gasteiger partial charge in [-0.1, -0.05) is 13.0 Å². The van der Waals surface area contributed by atoms with Crippen molar-refractivity contribution in [3.8, 4) is 0 Å². The molecular formula is C15H26N4. The Labute approximate surface area is 116 Å². The summed E-state index contributed by atoms with van der Waals surface area (Å²) in [5, 5.41) is 3.48. The van der Waals surface area contributed by atoms with Crippen LogP contribution in [0.4, 0.5) is 0 Å². The zero-order chi connectivity index (χ0) is 13.3. The quantitative estimate of drug-likeness (QED) is 0.748. The summed E-state index contributed by atoms with van der Waals surface area (Å²) in [5.74, 6) is 0. The Hall–Kier alpha value is -0.970. The number of rotatable bonds is 7. The third-order valence-electron chi connectivity index (χ3n) is 3.79. The Kier molecular flexibility index (Phi) is 6.27. The van der Waals surface area contributed by atoms with Crippen LogP contribution in [0.25, 0.3) is 0 Å². The highest BCUT2D eigenvalue weighted by Gasteiger charge is 2.14. The number of likely N-dealkylation sites (N-methyl/N-ethyl adjacent to an activating group) is 1. The minimum Gasteiger partial charge on any atom is -0.313 e. The van der Waals surface area contributed by atoms with E-state index < -0.39 is 0 Å². The lowest BCUT2D eigenvalue weighted by atomic mass is 10.2. The molecule has 0 radical (unpaired) electrons. The van der Waals surface area contributed by atoms with Gasteiger partial charge in [-0.3, -0.25) is 4.98 Å². The number of aromatic nitrogens is 1. The first-order chi connectivity index (χ1) is 9.38. The maximum atomic E-state index is 4.12. The molecular weight excluding hydrogens is 236 g/mol. The lowest BCUT2D eigenvalue weighted by molar-refractivity contribution is 0.136. The van der Waals surface area contributed by atoms with Crippen molar-refractivity contribution in [2.75, 3.05) is 45.8 Å². The first kappa shape index (κ1) is 14.4. The van der Waals surface area contributed by atoms with Gasteiger partial charge in [-0.05, 0) is 37.7 Å². The Bertz CT molecular complexity index is 333. The van der Waals surface area contributed by atoms with Crippen LogP contribution in [0.3, 0.4) is 0 Å². The highest BCUT2D eigenvalue weighted by molar-refractivity contribution is 5.07. The Morgan fingerprint density at radius 3 is 2.68 bits per heavy atom. The van der Waals surface area contributed by atoms with Gasteiger partial charge in [0.25, 0.3) is 0 Å². The summed E-state index contributed by atoms with van der Waals surface area (Å²) in [6.07, 6.45) is 4.98. The summed E-state index contributed by atoms with van der Waals surface area (Å²) in [5.41, 5.74) is 1.26. The lowest BCUT2D eigenvalue weighted by Crippen LogP contribution is -2.46. The summed E-state index contributed by atoms with van der Waals surface area (Å²) < 4.78 is 0. The molecule has 0 atom stereocenters. The van der Waals surface area contributed by atoms with Crippen molar-refractivity contribution < 1.29 is 0 Å². The van der Waals surface area contributed by atoms with E-state index in [1.807, 2.05) is 18.5 Å². The van der Waals surface area contributed by atoms with E-state index in [-0.39, 0.29) is 0 Å². The summed E-state index contributed by atoms with van der Waals surface area (Å²) in [7, 11) is 0. The van der Waals surface area contributed by atoms with E-state index >= 15 is 0 Å². The molecule has 0 amide bonds. The molecule has 1 aliphatic heterocycles. The number of hydrogen-bond donors (Lipinski definition) is 1. The first-order valence-corrected chi connectivity index (χ1v) is 7.43. The fourth-order valence-corrected chi connectivity index (χ4v) is 2.49. The summed E-state index contributed by atoms with van der Waals surface area (Å²) in [4.78, 5) is 9.23. The lowest BCUT2D eigenvalue weighted by Gasteiger charge is -2.33. The predicted molar refractivity (Wildman–Crippen MR) is 79.1 cm³/mol. The van der Waals surface area contributed by atoms with E-state index in [0.29, 0.717) is 0 Å². The SMILES string of the molecule is CCN1CCN(CCCNCc2cccnc2)CC1. The Morgan fingerprint density at radius 1 is 1.21 bits per heavy atom. The molecule has 1 N–H and O–H groups in total. The molecule has 1 aromatic rings. The van der Waals surface area contributed by atoms with Crippen LogP contribution in [0.2, 0.25) is 0 Å². The molecule has 0 bridgehead atoms. The fraction of sp³-hybridized carbons (Fsp3) is 0.667. The average Bonchev–Trinajstić information content (AvgIpc) is 2.49. The Morgan fingerprint density at radius 2 is 2.00 bits per heavy atom. The average molecular weight is 262 g/mol. The third-order valence-corrected chi connectivity index (χ3v) is 3.79. The molecule has 1 aliphatic rings. The molecule has 19 heavy (non-hydrogen) atoms. The van der Waals surface area contributed by atoms with Gasteiger partial charge in [0, 0.05) is 45.1 Å². The number of pyridine rings is 1. The van der Waals surface area contributed by atoms with E-state index in [1.165, 1.54) is 51.3 Å². The van der Waals surface area contributed by atoms with Gasteiger partial charge < -0.3 is 15.1 Å². The summed E-state index contributed by atoms with van der Waals surface area (Å²) >= 11 is 0. The second-order valence-electron chi connectivity index (χ2n) is 5.17. The van der Waals surface area contributed by atoms with Crippen molar-refractivity contribution in [1.82, 2.24) is 20.1 Å². The van der Waals surface area contributed by atoms with Gasteiger partial charge in [-0.25, -0.2) is 0 Å². The molecule has 106 valence electrons. The smallest absolute Gasteiger partial charge is 0.0312 e.